The second kappa shape index (κ2) is 6.58. The highest BCUT2D eigenvalue weighted by atomic mass is 16.6. The number of anilines is 2. The van der Waals surface area contributed by atoms with Crippen molar-refractivity contribution in [3.05, 3.63) is 46.5 Å². The highest BCUT2D eigenvalue weighted by molar-refractivity contribution is 5.67. The van der Waals surface area contributed by atoms with Gasteiger partial charge in [-0.05, 0) is 17.1 Å². The van der Waals surface area contributed by atoms with E-state index in [-0.39, 0.29) is 5.82 Å². The molecule has 0 spiro atoms. The first-order chi connectivity index (χ1) is 9.70. The van der Waals surface area contributed by atoms with Crippen LogP contribution in [-0.4, -0.2) is 30.2 Å². The molecule has 0 saturated heterocycles. The van der Waals surface area contributed by atoms with Crippen molar-refractivity contribution < 1.29 is 14.4 Å². The van der Waals surface area contributed by atoms with Gasteiger partial charge in [0.25, 0.3) is 0 Å². The minimum absolute atomic E-state index is 0.129. The summed E-state index contributed by atoms with van der Waals surface area (Å²) in [6, 6.07) is 10.7. The quantitative estimate of drug-likeness (QED) is 0.461. The van der Waals surface area contributed by atoms with Gasteiger partial charge in [0, 0.05) is 12.8 Å². The zero-order valence-corrected chi connectivity index (χ0v) is 11.0. The van der Waals surface area contributed by atoms with E-state index in [0.717, 1.165) is 5.69 Å². The Bertz CT molecular complexity index is 568. The summed E-state index contributed by atoms with van der Waals surface area (Å²) in [5, 5.41) is 13.9. The van der Waals surface area contributed by atoms with Crippen LogP contribution in [0.25, 0.3) is 0 Å². The third-order valence-electron chi connectivity index (χ3n) is 2.55. The molecule has 106 valence electrons. The van der Waals surface area contributed by atoms with Crippen molar-refractivity contribution >= 4 is 17.2 Å². The monoisotopic (exact) mass is 277 g/mol. The number of aromatic amines is 1. The highest BCUT2D eigenvalue weighted by Crippen LogP contribution is 2.31. The second-order valence-corrected chi connectivity index (χ2v) is 3.99. The maximum absolute atomic E-state index is 10.8. The summed E-state index contributed by atoms with van der Waals surface area (Å²) in [7, 11) is 1.56. The minimum atomic E-state index is -0.501. The maximum atomic E-state index is 10.8. The molecule has 0 aliphatic carbocycles. The number of ether oxygens (including phenoxy) is 2. The van der Waals surface area contributed by atoms with E-state index in [9.17, 15) is 10.1 Å². The van der Waals surface area contributed by atoms with Gasteiger partial charge in [-0.2, -0.15) is 0 Å². The number of aromatic nitrogens is 1. The number of methoxy groups -OCH3 is 1. The zero-order valence-electron chi connectivity index (χ0n) is 11.0. The molecule has 1 aromatic carbocycles. The number of hydrogen-bond donors (Lipinski definition) is 2. The van der Waals surface area contributed by atoms with Gasteiger partial charge < -0.3 is 24.9 Å². The number of hydrogen-bond acceptors (Lipinski definition) is 5. The fraction of sp³-hybridized carbons (Fsp3) is 0.231. The van der Waals surface area contributed by atoms with Crippen molar-refractivity contribution in [2.75, 3.05) is 25.6 Å². The molecular weight excluding hydrogens is 262 g/mol. The Hall–Kier alpha value is -2.54. The molecule has 0 fully saturated rings. The summed E-state index contributed by atoms with van der Waals surface area (Å²) in [6.07, 6.45) is 0. The zero-order chi connectivity index (χ0) is 14.4. The molecule has 1 aromatic heterocycles. The van der Waals surface area contributed by atoms with Gasteiger partial charge in [-0.1, -0.05) is 18.2 Å². The molecule has 7 heteroatoms. The van der Waals surface area contributed by atoms with Gasteiger partial charge in [0.05, 0.1) is 12.7 Å². The largest absolute Gasteiger partial charge is 0.458 e. The van der Waals surface area contributed by atoms with Crippen LogP contribution in [0.1, 0.15) is 0 Å². The number of rotatable bonds is 7. The van der Waals surface area contributed by atoms with Crippen LogP contribution < -0.4 is 10.1 Å². The van der Waals surface area contributed by atoms with E-state index in [1.54, 1.807) is 7.11 Å². The minimum Gasteiger partial charge on any atom is -0.458 e. The fourth-order valence-corrected chi connectivity index (χ4v) is 1.63. The molecular formula is C13H15N3O4. The molecule has 0 amide bonds. The molecule has 2 rings (SSSR count). The molecule has 20 heavy (non-hydrogen) atoms. The van der Waals surface area contributed by atoms with Crippen molar-refractivity contribution in [1.82, 2.24) is 4.98 Å². The molecule has 0 aliphatic rings. The molecule has 0 aliphatic heterocycles. The first-order valence-corrected chi connectivity index (χ1v) is 6.02. The lowest BCUT2D eigenvalue weighted by molar-refractivity contribution is -0.389. The van der Waals surface area contributed by atoms with Crippen LogP contribution in [0, 0.1) is 10.1 Å². The Morgan fingerprint density at radius 1 is 1.30 bits per heavy atom. The predicted octanol–water partition coefficient (Wildman–Crippen LogP) is 2.69. The summed E-state index contributed by atoms with van der Waals surface area (Å²) in [5.74, 6) is 0.188. The topological polar surface area (TPSA) is 89.4 Å². The van der Waals surface area contributed by atoms with Crippen molar-refractivity contribution in [3.8, 4) is 5.88 Å². The Labute approximate surface area is 115 Å². The molecule has 0 atom stereocenters. The number of nitrogens with zero attached hydrogens (tertiary/aromatic N) is 1. The van der Waals surface area contributed by atoms with Gasteiger partial charge in [-0.3, -0.25) is 0 Å². The van der Waals surface area contributed by atoms with Crippen molar-refractivity contribution in [2.45, 2.75) is 0 Å². The summed E-state index contributed by atoms with van der Waals surface area (Å²) in [5.41, 5.74) is 1.33. The van der Waals surface area contributed by atoms with Gasteiger partial charge in [0.15, 0.2) is 0 Å². The van der Waals surface area contributed by atoms with E-state index in [1.165, 1.54) is 6.07 Å². The van der Waals surface area contributed by atoms with Gasteiger partial charge in [0.2, 0.25) is 0 Å². The van der Waals surface area contributed by atoms with Crippen LogP contribution in [0.2, 0.25) is 0 Å². The van der Waals surface area contributed by atoms with Gasteiger partial charge in [-0.25, -0.2) is 4.98 Å². The van der Waals surface area contributed by atoms with Crippen molar-refractivity contribution in [3.63, 3.8) is 0 Å². The average molecular weight is 277 g/mol. The number of H-pyrrole nitrogens is 1. The Balaban J connectivity index is 2.18. The van der Waals surface area contributed by atoms with Crippen LogP contribution >= 0.6 is 0 Å². The lowest BCUT2D eigenvalue weighted by atomic mass is 10.3. The second-order valence-electron chi connectivity index (χ2n) is 3.99. The van der Waals surface area contributed by atoms with Crippen LogP contribution in [0.4, 0.5) is 17.2 Å². The van der Waals surface area contributed by atoms with Crippen LogP contribution in [0.3, 0.4) is 0 Å². The molecule has 2 N–H and O–H groups in total. The summed E-state index contributed by atoms with van der Waals surface area (Å²) < 4.78 is 10.3. The lowest BCUT2D eigenvalue weighted by Crippen LogP contribution is -2.05. The van der Waals surface area contributed by atoms with Gasteiger partial charge in [-0.15, -0.1) is 0 Å². The Morgan fingerprint density at radius 2 is 2.05 bits per heavy atom. The third kappa shape index (κ3) is 3.48. The van der Waals surface area contributed by atoms with E-state index >= 15 is 0 Å². The lowest BCUT2D eigenvalue weighted by Gasteiger charge is -2.06. The Morgan fingerprint density at radius 3 is 2.70 bits per heavy atom. The van der Waals surface area contributed by atoms with Gasteiger partial charge in [0.1, 0.15) is 12.3 Å². The molecule has 0 unspecified atom stereocenters. The van der Waals surface area contributed by atoms with E-state index in [2.05, 4.69) is 10.3 Å². The molecule has 0 radical (unpaired) electrons. The maximum Gasteiger partial charge on any atom is 0.326 e. The normalized spacial score (nSPS) is 10.2. The van der Waals surface area contributed by atoms with Crippen LogP contribution in [-0.2, 0) is 4.74 Å². The SMILES string of the molecule is COCCOc1[nH]c([N+](=O)[O-])cc1Nc1ccccc1. The fourth-order valence-electron chi connectivity index (χ4n) is 1.63. The Kier molecular flexibility index (Phi) is 4.56. The first kappa shape index (κ1) is 13.9. The van der Waals surface area contributed by atoms with Crippen molar-refractivity contribution in [2.24, 2.45) is 0 Å². The van der Waals surface area contributed by atoms with Crippen LogP contribution in [0.15, 0.2) is 36.4 Å². The smallest absolute Gasteiger partial charge is 0.326 e. The molecule has 2 aromatic rings. The van der Waals surface area contributed by atoms with E-state index in [4.69, 9.17) is 9.47 Å². The molecule has 1 heterocycles. The number of benzene rings is 1. The standard InChI is InChI=1S/C13H15N3O4/c1-19-7-8-20-13-11(9-12(15-13)16(17)18)14-10-5-3-2-4-6-10/h2-6,9,14-15H,7-8H2,1H3. The summed E-state index contributed by atoms with van der Waals surface area (Å²) in [6.45, 7) is 0.704. The highest BCUT2D eigenvalue weighted by Gasteiger charge is 2.17. The number of nitro groups is 1. The van der Waals surface area contributed by atoms with E-state index < -0.39 is 4.92 Å². The van der Waals surface area contributed by atoms with E-state index in [1.807, 2.05) is 30.3 Å². The number of para-hydroxylation sites is 1. The summed E-state index contributed by atoms with van der Waals surface area (Å²) in [4.78, 5) is 12.9. The molecule has 7 nitrogen and oxygen atoms in total. The predicted molar refractivity (Wildman–Crippen MR) is 74.5 cm³/mol. The third-order valence-corrected chi connectivity index (χ3v) is 2.55. The van der Waals surface area contributed by atoms with E-state index in [0.29, 0.717) is 24.8 Å². The van der Waals surface area contributed by atoms with Gasteiger partial charge >= 0.3 is 11.7 Å². The van der Waals surface area contributed by atoms with Crippen molar-refractivity contribution in [1.29, 1.82) is 0 Å². The average Bonchev–Trinajstić information content (AvgIpc) is 2.84. The van der Waals surface area contributed by atoms with Crippen LogP contribution in [0.5, 0.6) is 5.88 Å². The molecule has 0 bridgehead atoms. The number of nitrogens with one attached hydrogen (secondary N) is 2. The first-order valence-electron chi connectivity index (χ1n) is 6.02. The summed E-state index contributed by atoms with van der Waals surface area (Å²) >= 11 is 0. The molecule has 0 saturated carbocycles.